The zero-order valence-corrected chi connectivity index (χ0v) is 17.2. The Hall–Kier alpha value is -2.91. The van der Waals surface area contributed by atoms with Crippen LogP contribution in [0, 0.1) is 0 Å². The molecule has 0 saturated heterocycles. The monoisotopic (exact) mass is 417 g/mol. The number of hydrogen-bond donors (Lipinski definition) is 2. The first-order valence-corrected chi connectivity index (χ1v) is 10.7. The van der Waals surface area contributed by atoms with E-state index in [1.165, 1.54) is 28.6 Å². The first-order valence-electron chi connectivity index (χ1n) is 9.29. The van der Waals surface area contributed by atoms with Gasteiger partial charge in [-0.15, -0.1) is 0 Å². The van der Waals surface area contributed by atoms with Gasteiger partial charge in [-0.3, -0.25) is 9.59 Å². The van der Waals surface area contributed by atoms with Crippen molar-refractivity contribution in [3.8, 4) is 5.75 Å². The summed E-state index contributed by atoms with van der Waals surface area (Å²) in [5.74, 6) is -0.125. The molecular formula is C20H23N3O5S. The van der Waals surface area contributed by atoms with Crippen molar-refractivity contribution in [3.63, 3.8) is 0 Å². The molecule has 2 aromatic rings. The van der Waals surface area contributed by atoms with Gasteiger partial charge >= 0.3 is 0 Å². The second kappa shape index (κ2) is 8.22. The van der Waals surface area contributed by atoms with Gasteiger partial charge in [0.15, 0.2) is 6.10 Å². The summed E-state index contributed by atoms with van der Waals surface area (Å²) >= 11 is 0. The molecule has 0 fully saturated rings. The van der Waals surface area contributed by atoms with Crippen molar-refractivity contribution in [1.29, 1.82) is 0 Å². The third-order valence-electron chi connectivity index (χ3n) is 4.63. The largest absolute Gasteiger partial charge is 0.479 e. The molecule has 1 aliphatic rings. The molecule has 1 aliphatic heterocycles. The number of nitrogens with zero attached hydrogens (tertiary/aromatic N) is 1. The molecule has 2 aromatic carbocycles. The summed E-state index contributed by atoms with van der Waals surface area (Å²) in [5.41, 5.74) is 1.27. The van der Waals surface area contributed by atoms with E-state index in [1.807, 2.05) is 0 Å². The van der Waals surface area contributed by atoms with Crippen LogP contribution in [0.4, 0.5) is 11.4 Å². The van der Waals surface area contributed by atoms with Crippen LogP contribution in [0.3, 0.4) is 0 Å². The number of fused-ring (bicyclic) bond motifs is 1. The van der Waals surface area contributed by atoms with Crippen molar-refractivity contribution in [3.05, 3.63) is 48.0 Å². The van der Waals surface area contributed by atoms with Crippen LogP contribution in [0.2, 0.25) is 0 Å². The normalized spacial score (nSPS) is 16.0. The van der Waals surface area contributed by atoms with Crippen LogP contribution in [0.5, 0.6) is 5.75 Å². The van der Waals surface area contributed by atoms with Crippen molar-refractivity contribution < 1.29 is 22.7 Å². The molecule has 0 bridgehead atoms. The van der Waals surface area contributed by atoms with Crippen LogP contribution in [0.15, 0.2) is 47.4 Å². The third-order valence-corrected chi connectivity index (χ3v) is 6.69. The van der Waals surface area contributed by atoms with Gasteiger partial charge in [0, 0.05) is 24.3 Å². The van der Waals surface area contributed by atoms with Gasteiger partial charge < -0.3 is 15.4 Å². The van der Waals surface area contributed by atoms with Gasteiger partial charge in [-0.1, -0.05) is 13.8 Å². The highest BCUT2D eigenvalue weighted by atomic mass is 32.2. The lowest BCUT2D eigenvalue weighted by Crippen LogP contribution is -2.34. The van der Waals surface area contributed by atoms with Gasteiger partial charge in [0.1, 0.15) is 5.75 Å². The van der Waals surface area contributed by atoms with Crippen LogP contribution >= 0.6 is 0 Å². The summed E-state index contributed by atoms with van der Waals surface area (Å²) in [7, 11) is -3.58. The van der Waals surface area contributed by atoms with Gasteiger partial charge in [-0.05, 0) is 49.4 Å². The van der Waals surface area contributed by atoms with E-state index < -0.39 is 22.0 Å². The van der Waals surface area contributed by atoms with Gasteiger partial charge in [-0.2, -0.15) is 4.31 Å². The van der Waals surface area contributed by atoms with Crippen molar-refractivity contribution in [2.75, 3.05) is 23.7 Å². The van der Waals surface area contributed by atoms with E-state index in [-0.39, 0.29) is 10.8 Å². The molecular weight excluding hydrogens is 394 g/mol. The fraction of sp³-hybridized carbons (Fsp3) is 0.300. The van der Waals surface area contributed by atoms with Crippen LogP contribution in [-0.2, 0) is 14.8 Å². The maximum atomic E-state index is 12.5. The lowest BCUT2D eigenvalue weighted by Gasteiger charge is -2.23. The number of nitrogens with one attached hydrogen (secondary N) is 2. The van der Waals surface area contributed by atoms with Crippen LogP contribution < -0.4 is 15.4 Å². The fourth-order valence-electron chi connectivity index (χ4n) is 2.98. The van der Waals surface area contributed by atoms with E-state index in [2.05, 4.69) is 10.6 Å². The molecule has 3 rings (SSSR count). The molecule has 1 unspecified atom stereocenters. The number of sulfonamides is 1. The minimum atomic E-state index is -3.58. The maximum absolute atomic E-state index is 12.5. The summed E-state index contributed by atoms with van der Waals surface area (Å²) in [6.45, 7) is 5.94. The molecule has 1 atom stereocenters. The van der Waals surface area contributed by atoms with Gasteiger partial charge in [0.2, 0.25) is 10.0 Å². The summed E-state index contributed by atoms with van der Waals surface area (Å²) < 4.78 is 31.9. The Morgan fingerprint density at radius 1 is 1.14 bits per heavy atom. The third kappa shape index (κ3) is 4.25. The summed E-state index contributed by atoms with van der Waals surface area (Å²) in [6.07, 6.45) is -0.575. The molecule has 0 aromatic heterocycles. The second-order valence-corrected chi connectivity index (χ2v) is 8.47. The zero-order chi connectivity index (χ0) is 21.2. The van der Waals surface area contributed by atoms with E-state index in [0.29, 0.717) is 35.8 Å². The molecule has 0 aliphatic carbocycles. The predicted octanol–water partition coefficient (Wildman–Crippen LogP) is 2.69. The highest BCUT2D eigenvalue weighted by molar-refractivity contribution is 7.89. The summed E-state index contributed by atoms with van der Waals surface area (Å²) in [6, 6.07) is 10.7. The fourth-order valence-corrected chi connectivity index (χ4v) is 4.44. The molecule has 0 spiro atoms. The SMILES string of the molecule is CCN(CC)S(=O)(=O)c1ccc(C(=O)Nc2ccc3c(c2)NC(=O)C(C)O3)cc1. The highest BCUT2D eigenvalue weighted by Crippen LogP contribution is 2.32. The van der Waals surface area contributed by atoms with E-state index in [0.717, 1.165) is 0 Å². The Morgan fingerprint density at radius 3 is 2.41 bits per heavy atom. The molecule has 154 valence electrons. The summed E-state index contributed by atoms with van der Waals surface area (Å²) in [5, 5.41) is 5.45. The van der Waals surface area contributed by atoms with E-state index >= 15 is 0 Å². The van der Waals surface area contributed by atoms with Crippen molar-refractivity contribution >= 4 is 33.2 Å². The minimum absolute atomic E-state index is 0.139. The average molecular weight is 417 g/mol. The summed E-state index contributed by atoms with van der Waals surface area (Å²) in [4.78, 5) is 24.4. The molecule has 2 N–H and O–H groups in total. The molecule has 1 heterocycles. The molecule has 8 nitrogen and oxygen atoms in total. The molecule has 0 radical (unpaired) electrons. The Bertz CT molecular complexity index is 1030. The van der Waals surface area contributed by atoms with E-state index in [4.69, 9.17) is 4.74 Å². The number of amides is 2. The lowest BCUT2D eigenvalue weighted by atomic mass is 10.2. The van der Waals surface area contributed by atoms with Crippen LogP contribution in [0.25, 0.3) is 0 Å². The van der Waals surface area contributed by atoms with E-state index in [1.54, 1.807) is 39.0 Å². The van der Waals surface area contributed by atoms with Crippen LogP contribution in [0.1, 0.15) is 31.1 Å². The number of hydrogen-bond acceptors (Lipinski definition) is 5. The van der Waals surface area contributed by atoms with Crippen molar-refractivity contribution in [1.82, 2.24) is 4.31 Å². The Morgan fingerprint density at radius 2 is 1.79 bits per heavy atom. The highest BCUT2D eigenvalue weighted by Gasteiger charge is 2.24. The topological polar surface area (TPSA) is 105 Å². The lowest BCUT2D eigenvalue weighted by molar-refractivity contribution is -0.122. The first-order chi connectivity index (χ1) is 13.8. The Labute approximate surface area is 169 Å². The molecule has 2 amide bonds. The number of carbonyl (C=O) groups excluding carboxylic acids is 2. The minimum Gasteiger partial charge on any atom is -0.479 e. The van der Waals surface area contributed by atoms with Gasteiger partial charge in [0.25, 0.3) is 11.8 Å². The average Bonchev–Trinajstić information content (AvgIpc) is 2.70. The smallest absolute Gasteiger partial charge is 0.265 e. The Kier molecular flexibility index (Phi) is 5.90. The standard InChI is InChI=1S/C20H23N3O5S/c1-4-23(5-2)29(26,27)16-9-6-14(7-10-16)20(25)21-15-8-11-18-17(12-15)22-19(24)13(3)28-18/h6-13H,4-5H2,1-3H3,(H,21,25)(H,22,24). The molecule has 0 saturated carbocycles. The number of benzene rings is 2. The maximum Gasteiger partial charge on any atom is 0.265 e. The number of carbonyl (C=O) groups is 2. The van der Waals surface area contributed by atoms with Gasteiger partial charge in [-0.25, -0.2) is 8.42 Å². The Balaban J connectivity index is 1.75. The number of rotatable bonds is 6. The second-order valence-electron chi connectivity index (χ2n) is 6.53. The van der Waals surface area contributed by atoms with E-state index in [9.17, 15) is 18.0 Å². The predicted molar refractivity (Wildman–Crippen MR) is 110 cm³/mol. The molecule has 29 heavy (non-hydrogen) atoms. The van der Waals surface area contributed by atoms with Crippen molar-refractivity contribution in [2.45, 2.75) is 31.8 Å². The number of anilines is 2. The van der Waals surface area contributed by atoms with Gasteiger partial charge in [0.05, 0.1) is 10.6 Å². The first kappa shape index (κ1) is 20.8. The number of ether oxygens (including phenoxy) is 1. The molecule has 9 heteroatoms. The zero-order valence-electron chi connectivity index (χ0n) is 16.4. The van der Waals surface area contributed by atoms with Crippen LogP contribution in [-0.4, -0.2) is 43.7 Å². The quantitative estimate of drug-likeness (QED) is 0.752. The van der Waals surface area contributed by atoms with Crippen molar-refractivity contribution in [2.24, 2.45) is 0 Å².